The lowest BCUT2D eigenvalue weighted by atomic mass is 10.1. The summed E-state index contributed by atoms with van der Waals surface area (Å²) in [5.41, 5.74) is 5.83. The molecule has 5 nitrogen and oxygen atoms in total. The molecule has 0 saturated heterocycles. The first-order valence-corrected chi connectivity index (χ1v) is 5.50. The minimum absolute atomic E-state index is 0.207. The SMILES string of the molecule is COCC(C)CNc1cc(F)c(C(=O)O)cc1N. The predicted molar refractivity (Wildman–Crippen MR) is 67.3 cm³/mol. The molecule has 4 N–H and O–H groups in total. The molecule has 6 heteroatoms. The number of carboxylic acids is 1. The van der Waals surface area contributed by atoms with Crippen LogP contribution < -0.4 is 11.1 Å². The van der Waals surface area contributed by atoms with E-state index in [1.165, 1.54) is 0 Å². The maximum atomic E-state index is 13.5. The summed E-state index contributed by atoms with van der Waals surface area (Å²) in [6.45, 7) is 3.10. The standard InChI is InChI=1S/C12H17FN2O3/c1-7(6-18-2)5-15-11-4-9(13)8(12(16)17)3-10(11)14/h3-4,7,15H,5-6,14H2,1-2H3,(H,16,17). The number of benzene rings is 1. The van der Waals surface area contributed by atoms with E-state index >= 15 is 0 Å². The lowest BCUT2D eigenvalue weighted by molar-refractivity contribution is 0.0692. The van der Waals surface area contributed by atoms with Crippen LogP contribution in [0.2, 0.25) is 0 Å². The number of carbonyl (C=O) groups is 1. The smallest absolute Gasteiger partial charge is 0.338 e. The number of nitrogens with one attached hydrogen (secondary N) is 1. The van der Waals surface area contributed by atoms with Crippen LogP contribution in [0.3, 0.4) is 0 Å². The van der Waals surface area contributed by atoms with Crippen molar-refractivity contribution in [3.8, 4) is 0 Å². The Hall–Kier alpha value is -1.82. The Labute approximate surface area is 105 Å². The van der Waals surface area contributed by atoms with E-state index in [1.807, 2.05) is 6.92 Å². The normalized spacial score (nSPS) is 12.2. The fraction of sp³-hybridized carbons (Fsp3) is 0.417. The monoisotopic (exact) mass is 256 g/mol. The summed E-state index contributed by atoms with van der Waals surface area (Å²) in [6.07, 6.45) is 0. The van der Waals surface area contributed by atoms with Gasteiger partial charge in [-0.3, -0.25) is 0 Å². The topological polar surface area (TPSA) is 84.6 Å². The molecule has 0 spiro atoms. The van der Waals surface area contributed by atoms with Crippen LogP contribution >= 0.6 is 0 Å². The summed E-state index contributed by atoms with van der Waals surface area (Å²) >= 11 is 0. The third-order valence-electron chi connectivity index (χ3n) is 2.46. The molecule has 0 aromatic heterocycles. The number of methoxy groups -OCH3 is 1. The maximum Gasteiger partial charge on any atom is 0.338 e. The second-order valence-corrected chi connectivity index (χ2v) is 4.17. The van der Waals surface area contributed by atoms with Crippen LogP contribution in [-0.2, 0) is 4.74 Å². The van der Waals surface area contributed by atoms with Crippen LogP contribution in [0.1, 0.15) is 17.3 Å². The van der Waals surface area contributed by atoms with Gasteiger partial charge in [-0.25, -0.2) is 9.18 Å². The molecule has 0 saturated carbocycles. The number of hydrogen-bond acceptors (Lipinski definition) is 4. The van der Waals surface area contributed by atoms with E-state index in [0.717, 1.165) is 12.1 Å². The van der Waals surface area contributed by atoms with Gasteiger partial charge in [-0.05, 0) is 18.1 Å². The molecule has 0 aliphatic rings. The number of rotatable bonds is 6. The molecule has 1 aromatic rings. The largest absolute Gasteiger partial charge is 0.478 e. The second kappa shape index (κ2) is 6.20. The van der Waals surface area contributed by atoms with Crippen molar-refractivity contribution in [2.75, 3.05) is 31.3 Å². The van der Waals surface area contributed by atoms with Gasteiger partial charge in [-0.1, -0.05) is 6.92 Å². The number of nitrogens with two attached hydrogens (primary N) is 1. The zero-order valence-electron chi connectivity index (χ0n) is 10.4. The third kappa shape index (κ3) is 3.59. The molecule has 0 amide bonds. The minimum atomic E-state index is -1.33. The average molecular weight is 256 g/mol. The number of ether oxygens (including phenoxy) is 1. The molecule has 0 heterocycles. The lowest BCUT2D eigenvalue weighted by Gasteiger charge is -2.14. The van der Waals surface area contributed by atoms with E-state index in [9.17, 15) is 9.18 Å². The molecule has 0 bridgehead atoms. The van der Waals surface area contributed by atoms with Crippen molar-refractivity contribution in [1.82, 2.24) is 0 Å². The van der Waals surface area contributed by atoms with Crippen molar-refractivity contribution in [3.63, 3.8) is 0 Å². The van der Waals surface area contributed by atoms with Gasteiger partial charge in [0.05, 0.1) is 23.5 Å². The van der Waals surface area contributed by atoms with E-state index in [2.05, 4.69) is 5.32 Å². The highest BCUT2D eigenvalue weighted by Crippen LogP contribution is 2.23. The van der Waals surface area contributed by atoms with Crippen LogP contribution in [0.25, 0.3) is 0 Å². The Kier molecular flexibility index (Phi) is 4.91. The number of aromatic carboxylic acids is 1. The third-order valence-corrected chi connectivity index (χ3v) is 2.46. The van der Waals surface area contributed by atoms with Gasteiger partial charge in [-0.15, -0.1) is 0 Å². The first kappa shape index (κ1) is 14.2. The number of carboxylic acid groups (broad SMARTS) is 1. The quantitative estimate of drug-likeness (QED) is 0.676. The summed E-state index contributed by atoms with van der Waals surface area (Å²) < 4.78 is 18.4. The summed E-state index contributed by atoms with van der Waals surface area (Å²) in [7, 11) is 1.60. The summed E-state index contributed by atoms with van der Waals surface area (Å²) in [4.78, 5) is 10.7. The second-order valence-electron chi connectivity index (χ2n) is 4.17. The molecule has 0 aliphatic heterocycles. The molecule has 1 rings (SSSR count). The average Bonchev–Trinajstić information content (AvgIpc) is 2.29. The van der Waals surface area contributed by atoms with Gasteiger partial charge < -0.3 is 20.9 Å². The zero-order valence-corrected chi connectivity index (χ0v) is 10.4. The van der Waals surface area contributed by atoms with Gasteiger partial charge in [0.25, 0.3) is 0 Å². The minimum Gasteiger partial charge on any atom is -0.478 e. The Bertz CT molecular complexity index is 438. The van der Waals surface area contributed by atoms with E-state index in [-0.39, 0.29) is 11.6 Å². The molecule has 0 radical (unpaired) electrons. The molecule has 0 fully saturated rings. The molecular formula is C12H17FN2O3. The van der Waals surface area contributed by atoms with E-state index in [0.29, 0.717) is 18.8 Å². The van der Waals surface area contributed by atoms with Crippen LogP contribution in [0.4, 0.5) is 15.8 Å². The Morgan fingerprint density at radius 3 is 2.83 bits per heavy atom. The van der Waals surface area contributed by atoms with Crippen LogP contribution in [0.5, 0.6) is 0 Å². The predicted octanol–water partition coefficient (Wildman–Crippen LogP) is 1.80. The number of nitrogen functional groups attached to an aromatic ring is 1. The van der Waals surface area contributed by atoms with Gasteiger partial charge in [0, 0.05) is 13.7 Å². The first-order valence-electron chi connectivity index (χ1n) is 5.50. The lowest BCUT2D eigenvalue weighted by Crippen LogP contribution is -2.17. The van der Waals surface area contributed by atoms with Gasteiger partial charge in [0.1, 0.15) is 5.82 Å². The molecular weight excluding hydrogens is 239 g/mol. The van der Waals surface area contributed by atoms with Gasteiger partial charge in [0.15, 0.2) is 0 Å². The Morgan fingerprint density at radius 1 is 1.61 bits per heavy atom. The Morgan fingerprint density at radius 2 is 2.28 bits per heavy atom. The van der Waals surface area contributed by atoms with E-state index in [1.54, 1.807) is 7.11 Å². The van der Waals surface area contributed by atoms with Crippen molar-refractivity contribution in [2.45, 2.75) is 6.92 Å². The van der Waals surface area contributed by atoms with Crippen LogP contribution in [0, 0.1) is 11.7 Å². The Balaban J connectivity index is 2.79. The highest BCUT2D eigenvalue weighted by atomic mass is 19.1. The highest BCUT2D eigenvalue weighted by Gasteiger charge is 2.14. The van der Waals surface area contributed by atoms with Crippen molar-refractivity contribution >= 4 is 17.3 Å². The maximum absolute atomic E-state index is 13.5. The van der Waals surface area contributed by atoms with Crippen molar-refractivity contribution in [3.05, 3.63) is 23.5 Å². The molecule has 1 atom stereocenters. The molecule has 18 heavy (non-hydrogen) atoms. The van der Waals surface area contributed by atoms with Crippen LogP contribution in [0.15, 0.2) is 12.1 Å². The van der Waals surface area contributed by atoms with E-state index < -0.39 is 17.3 Å². The van der Waals surface area contributed by atoms with Crippen molar-refractivity contribution in [2.24, 2.45) is 5.92 Å². The van der Waals surface area contributed by atoms with Crippen LogP contribution in [-0.4, -0.2) is 31.3 Å². The molecule has 0 aliphatic carbocycles. The van der Waals surface area contributed by atoms with Crippen molar-refractivity contribution in [1.29, 1.82) is 0 Å². The molecule has 1 aromatic carbocycles. The van der Waals surface area contributed by atoms with Gasteiger partial charge >= 0.3 is 5.97 Å². The molecule has 1 unspecified atom stereocenters. The number of halogens is 1. The zero-order chi connectivity index (χ0) is 13.7. The van der Waals surface area contributed by atoms with Gasteiger partial charge in [-0.2, -0.15) is 0 Å². The fourth-order valence-electron chi connectivity index (χ4n) is 1.53. The summed E-state index contributed by atoms with van der Waals surface area (Å²) in [5, 5.41) is 11.7. The number of hydrogen-bond donors (Lipinski definition) is 3. The van der Waals surface area contributed by atoms with Crippen molar-refractivity contribution < 1.29 is 19.0 Å². The highest BCUT2D eigenvalue weighted by molar-refractivity contribution is 5.90. The summed E-state index contributed by atoms with van der Waals surface area (Å²) in [5.74, 6) is -1.91. The van der Waals surface area contributed by atoms with E-state index in [4.69, 9.17) is 15.6 Å². The summed E-state index contributed by atoms with van der Waals surface area (Å²) in [6, 6.07) is 2.21. The number of anilines is 2. The first-order chi connectivity index (χ1) is 8.45. The fourth-order valence-corrected chi connectivity index (χ4v) is 1.53. The molecule has 100 valence electrons. The van der Waals surface area contributed by atoms with Gasteiger partial charge in [0.2, 0.25) is 0 Å².